The monoisotopic (exact) mass is 452 g/mol. The Kier molecular flexibility index (Phi) is 5.48. The van der Waals surface area contributed by atoms with Crippen molar-refractivity contribution in [3.8, 4) is 0 Å². The Labute approximate surface area is 147 Å². The van der Waals surface area contributed by atoms with Crippen LogP contribution in [0.2, 0.25) is 10.0 Å². The van der Waals surface area contributed by atoms with E-state index in [4.69, 9.17) is 23.2 Å². The van der Waals surface area contributed by atoms with Gasteiger partial charge in [-0.15, -0.1) is 0 Å². The van der Waals surface area contributed by atoms with Gasteiger partial charge in [-0.25, -0.2) is 0 Å². The van der Waals surface area contributed by atoms with E-state index in [9.17, 15) is 10.1 Å². The van der Waals surface area contributed by atoms with Gasteiger partial charge in [-0.05, 0) is 39.7 Å². The number of nitro groups is 1. The van der Waals surface area contributed by atoms with Gasteiger partial charge < -0.3 is 5.32 Å². The van der Waals surface area contributed by atoms with Crippen LogP contribution < -0.4 is 5.32 Å². The Bertz CT molecular complexity index is 688. The number of halogens is 4. The number of anilines is 1. The molecule has 0 saturated carbocycles. The molecule has 110 valence electrons. The molecule has 0 fully saturated rings. The zero-order valence-electron chi connectivity index (χ0n) is 10.4. The summed E-state index contributed by atoms with van der Waals surface area (Å²) < 4.78 is 1.22. The Morgan fingerprint density at radius 2 is 1.76 bits per heavy atom. The summed E-state index contributed by atoms with van der Waals surface area (Å²) in [4.78, 5) is 10.5. The maximum atomic E-state index is 10.9. The topological polar surface area (TPSA) is 55.2 Å². The van der Waals surface area contributed by atoms with Crippen LogP contribution in [-0.4, -0.2) is 4.92 Å². The lowest BCUT2D eigenvalue weighted by Gasteiger charge is -2.11. The normalized spacial score (nSPS) is 10.5. The van der Waals surface area contributed by atoms with Crippen LogP contribution in [-0.2, 0) is 6.54 Å². The summed E-state index contributed by atoms with van der Waals surface area (Å²) in [7, 11) is 0. The molecule has 0 heterocycles. The number of nitrogens with one attached hydrogen (secondary N) is 1. The standard InChI is InChI=1S/C13H8Br2Cl2N2O2/c14-8-4-10(16)13(11(17)5-8)18-6-7-1-2-9(15)12(3-7)19(20)21/h1-5,18H,6H2. The van der Waals surface area contributed by atoms with Crippen molar-refractivity contribution >= 4 is 66.4 Å². The van der Waals surface area contributed by atoms with E-state index in [-0.39, 0.29) is 5.69 Å². The van der Waals surface area contributed by atoms with Crippen LogP contribution in [0, 0.1) is 10.1 Å². The fourth-order valence-corrected chi connectivity index (χ4v) is 3.44. The molecule has 0 aliphatic carbocycles. The zero-order chi connectivity index (χ0) is 15.6. The van der Waals surface area contributed by atoms with Gasteiger partial charge in [0.05, 0.1) is 25.1 Å². The molecular formula is C13H8Br2Cl2N2O2. The van der Waals surface area contributed by atoms with E-state index in [1.807, 2.05) is 0 Å². The average molecular weight is 455 g/mol. The molecule has 1 N–H and O–H groups in total. The predicted octanol–water partition coefficient (Wildman–Crippen LogP) is 6.04. The Balaban J connectivity index is 2.21. The first-order valence-corrected chi connectivity index (χ1v) is 8.04. The van der Waals surface area contributed by atoms with Crippen molar-refractivity contribution in [3.05, 3.63) is 65.0 Å². The summed E-state index contributed by atoms with van der Waals surface area (Å²) in [6.07, 6.45) is 0. The maximum Gasteiger partial charge on any atom is 0.283 e. The molecule has 2 aromatic rings. The first-order valence-electron chi connectivity index (χ1n) is 5.69. The summed E-state index contributed by atoms with van der Waals surface area (Å²) in [5.74, 6) is 0. The van der Waals surface area contributed by atoms with E-state index < -0.39 is 4.92 Å². The number of rotatable bonds is 4. The fraction of sp³-hybridized carbons (Fsp3) is 0.0769. The first kappa shape index (κ1) is 16.5. The summed E-state index contributed by atoms with van der Waals surface area (Å²) in [6, 6.07) is 8.36. The average Bonchev–Trinajstić information content (AvgIpc) is 2.38. The third-order valence-corrected chi connectivity index (χ3v) is 4.41. The summed E-state index contributed by atoms with van der Waals surface area (Å²) in [5.41, 5.74) is 1.36. The van der Waals surface area contributed by atoms with Crippen molar-refractivity contribution in [3.63, 3.8) is 0 Å². The van der Waals surface area contributed by atoms with Gasteiger partial charge in [0.2, 0.25) is 0 Å². The second kappa shape index (κ2) is 6.96. The van der Waals surface area contributed by atoms with Gasteiger partial charge in [-0.2, -0.15) is 0 Å². The first-order chi connectivity index (χ1) is 9.88. The van der Waals surface area contributed by atoms with E-state index in [2.05, 4.69) is 37.2 Å². The minimum absolute atomic E-state index is 0.0160. The van der Waals surface area contributed by atoms with Crippen LogP contribution >= 0.6 is 55.1 Å². The van der Waals surface area contributed by atoms with Crippen LogP contribution in [0.25, 0.3) is 0 Å². The van der Waals surface area contributed by atoms with Gasteiger partial charge in [0.1, 0.15) is 0 Å². The fourth-order valence-electron chi connectivity index (χ4n) is 1.71. The molecular weight excluding hydrogens is 447 g/mol. The minimum atomic E-state index is -0.437. The number of hydrogen-bond donors (Lipinski definition) is 1. The minimum Gasteiger partial charge on any atom is -0.379 e. The van der Waals surface area contributed by atoms with Crippen LogP contribution in [0.1, 0.15) is 5.56 Å². The van der Waals surface area contributed by atoms with Crippen molar-refractivity contribution in [2.24, 2.45) is 0 Å². The lowest BCUT2D eigenvalue weighted by Crippen LogP contribution is -2.02. The molecule has 0 bridgehead atoms. The molecule has 2 aromatic carbocycles. The molecule has 0 aliphatic heterocycles. The molecule has 0 spiro atoms. The number of benzene rings is 2. The van der Waals surface area contributed by atoms with E-state index in [0.29, 0.717) is 26.8 Å². The van der Waals surface area contributed by atoms with E-state index in [1.54, 1.807) is 24.3 Å². The molecule has 0 radical (unpaired) electrons. The zero-order valence-corrected chi connectivity index (χ0v) is 15.1. The van der Waals surface area contributed by atoms with Crippen LogP contribution in [0.3, 0.4) is 0 Å². The molecule has 0 aliphatic rings. The predicted molar refractivity (Wildman–Crippen MR) is 92.3 cm³/mol. The molecule has 0 unspecified atom stereocenters. The van der Waals surface area contributed by atoms with Crippen LogP contribution in [0.15, 0.2) is 39.3 Å². The second-order valence-corrected chi connectivity index (χ2v) is 6.73. The number of nitrogens with zero attached hydrogens (tertiary/aromatic N) is 1. The molecule has 0 saturated heterocycles. The second-order valence-electron chi connectivity index (χ2n) is 4.14. The smallest absolute Gasteiger partial charge is 0.283 e. The van der Waals surface area contributed by atoms with Crippen molar-refractivity contribution in [1.82, 2.24) is 0 Å². The van der Waals surface area contributed by atoms with Gasteiger partial charge >= 0.3 is 0 Å². The summed E-state index contributed by atoms with van der Waals surface area (Å²) >= 11 is 18.7. The molecule has 0 atom stereocenters. The highest BCUT2D eigenvalue weighted by Gasteiger charge is 2.13. The van der Waals surface area contributed by atoms with Gasteiger partial charge in [0, 0.05) is 17.1 Å². The van der Waals surface area contributed by atoms with Gasteiger partial charge in [-0.1, -0.05) is 45.2 Å². The SMILES string of the molecule is O=[N+]([O-])c1cc(CNc2c(Cl)cc(Br)cc2Cl)ccc1Br. The highest BCUT2D eigenvalue weighted by molar-refractivity contribution is 9.10. The van der Waals surface area contributed by atoms with Gasteiger partial charge in [-0.3, -0.25) is 10.1 Å². The van der Waals surface area contributed by atoms with E-state index >= 15 is 0 Å². The Hall–Kier alpha value is -0.820. The highest BCUT2D eigenvalue weighted by Crippen LogP contribution is 2.34. The van der Waals surface area contributed by atoms with Crippen molar-refractivity contribution in [2.45, 2.75) is 6.54 Å². The highest BCUT2D eigenvalue weighted by atomic mass is 79.9. The van der Waals surface area contributed by atoms with E-state index in [0.717, 1.165) is 10.0 Å². The molecule has 21 heavy (non-hydrogen) atoms. The quantitative estimate of drug-likeness (QED) is 0.452. The third kappa shape index (κ3) is 4.10. The number of hydrogen-bond acceptors (Lipinski definition) is 3. The maximum absolute atomic E-state index is 10.9. The Morgan fingerprint density at radius 3 is 2.33 bits per heavy atom. The lowest BCUT2D eigenvalue weighted by atomic mass is 10.2. The molecule has 4 nitrogen and oxygen atoms in total. The van der Waals surface area contributed by atoms with Gasteiger partial charge in [0.25, 0.3) is 5.69 Å². The lowest BCUT2D eigenvalue weighted by molar-refractivity contribution is -0.385. The van der Waals surface area contributed by atoms with Crippen LogP contribution in [0.4, 0.5) is 11.4 Å². The third-order valence-electron chi connectivity index (χ3n) is 2.68. The summed E-state index contributed by atoms with van der Waals surface area (Å²) in [6.45, 7) is 0.370. The number of nitro benzene ring substituents is 1. The summed E-state index contributed by atoms with van der Waals surface area (Å²) in [5, 5.41) is 14.9. The van der Waals surface area contributed by atoms with Crippen molar-refractivity contribution < 1.29 is 4.92 Å². The largest absolute Gasteiger partial charge is 0.379 e. The molecule has 0 aromatic heterocycles. The Morgan fingerprint density at radius 1 is 1.14 bits per heavy atom. The van der Waals surface area contributed by atoms with Crippen molar-refractivity contribution in [2.75, 3.05) is 5.32 Å². The molecule has 2 rings (SSSR count). The van der Waals surface area contributed by atoms with Crippen LogP contribution in [0.5, 0.6) is 0 Å². The van der Waals surface area contributed by atoms with E-state index in [1.165, 1.54) is 6.07 Å². The van der Waals surface area contributed by atoms with Crippen molar-refractivity contribution in [1.29, 1.82) is 0 Å². The van der Waals surface area contributed by atoms with Gasteiger partial charge in [0.15, 0.2) is 0 Å². The molecule has 0 amide bonds. The molecule has 8 heteroatoms.